The van der Waals surface area contributed by atoms with Crippen molar-refractivity contribution in [3.05, 3.63) is 95.7 Å². The summed E-state index contributed by atoms with van der Waals surface area (Å²) in [6.07, 6.45) is 0. The fraction of sp³-hybridized carbons (Fsp3) is 0.192. The average Bonchev–Trinajstić information content (AvgIpc) is 2.88. The van der Waals surface area contributed by atoms with E-state index in [1.165, 1.54) is 12.1 Å². The fourth-order valence-electron chi connectivity index (χ4n) is 4.26. The highest BCUT2D eigenvalue weighted by Crippen LogP contribution is 2.28. The minimum Gasteiger partial charge on any atom is -0.366 e. The van der Waals surface area contributed by atoms with Gasteiger partial charge in [-0.05, 0) is 18.2 Å². The quantitative estimate of drug-likeness (QED) is 0.486. The van der Waals surface area contributed by atoms with Crippen LogP contribution in [0.3, 0.4) is 0 Å². The summed E-state index contributed by atoms with van der Waals surface area (Å²) < 4.78 is 28.1. The first-order valence-corrected chi connectivity index (χ1v) is 11.1. The van der Waals surface area contributed by atoms with E-state index in [4.69, 9.17) is 0 Å². The topological polar surface area (TPSA) is 61.4 Å². The molecule has 8 heteroatoms. The zero-order valence-electron chi connectivity index (χ0n) is 18.4. The average molecular weight is 460 g/mol. The van der Waals surface area contributed by atoms with Crippen molar-refractivity contribution in [2.24, 2.45) is 0 Å². The van der Waals surface area contributed by atoms with Crippen molar-refractivity contribution in [1.29, 1.82) is 0 Å². The Kier molecular flexibility index (Phi) is 6.03. The van der Waals surface area contributed by atoms with Crippen LogP contribution in [0.25, 0.3) is 10.8 Å². The van der Waals surface area contributed by atoms with Crippen LogP contribution in [0.5, 0.6) is 0 Å². The van der Waals surface area contributed by atoms with E-state index in [0.29, 0.717) is 48.6 Å². The SMILES string of the molecule is O=C(NCc1ccccc1F)c1nnc(N2CCN(c3ccccc3F)CC2)c2ccccc12. The molecule has 0 saturated carbocycles. The van der Waals surface area contributed by atoms with E-state index in [1.54, 1.807) is 30.3 Å². The first kappa shape index (κ1) is 21.8. The van der Waals surface area contributed by atoms with Crippen LogP contribution in [0.4, 0.5) is 20.3 Å². The normalized spacial score (nSPS) is 13.8. The predicted molar refractivity (Wildman–Crippen MR) is 128 cm³/mol. The largest absolute Gasteiger partial charge is 0.366 e. The van der Waals surface area contributed by atoms with Gasteiger partial charge in [0, 0.05) is 49.1 Å². The molecule has 3 aromatic carbocycles. The van der Waals surface area contributed by atoms with Crippen molar-refractivity contribution in [3.8, 4) is 0 Å². The molecule has 172 valence electrons. The Morgan fingerprint density at radius 1 is 0.765 bits per heavy atom. The minimum absolute atomic E-state index is 0.0568. The lowest BCUT2D eigenvalue weighted by Gasteiger charge is -2.37. The molecule has 1 fully saturated rings. The molecule has 0 unspecified atom stereocenters. The molecular weight excluding hydrogens is 436 g/mol. The number of hydrogen-bond donors (Lipinski definition) is 1. The van der Waals surface area contributed by atoms with Gasteiger partial charge in [-0.2, -0.15) is 0 Å². The molecule has 1 aliphatic heterocycles. The highest BCUT2D eigenvalue weighted by Gasteiger charge is 2.24. The number of aromatic nitrogens is 2. The summed E-state index contributed by atoms with van der Waals surface area (Å²) >= 11 is 0. The number of halogens is 2. The van der Waals surface area contributed by atoms with E-state index >= 15 is 0 Å². The lowest BCUT2D eigenvalue weighted by molar-refractivity contribution is 0.0946. The molecule has 0 aliphatic carbocycles. The minimum atomic E-state index is -0.414. The number of para-hydroxylation sites is 1. The molecule has 2 heterocycles. The number of nitrogens with one attached hydrogen (secondary N) is 1. The smallest absolute Gasteiger partial charge is 0.272 e. The molecule has 0 bridgehead atoms. The number of carbonyl (C=O) groups excluding carboxylic acids is 1. The van der Waals surface area contributed by atoms with Crippen LogP contribution in [-0.4, -0.2) is 42.3 Å². The third-order valence-corrected chi connectivity index (χ3v) is 6.05. The first-order chi connectivity index (χ1) is 16.6. The van der Waals surface area contributed by atoms with E-state index in [0.717, 1.165) is 5.39 Å². The molecule has 1 aliphatic rings. The highest BCUT2D eigenvalue weighted by atomic mass is 19.1. The number of carbonyl (C=O) groups is 1. The van der Waals surface area contributed by atoms with E-state index in [-0.39, 0.29) is 23.9 Å². The summed E-state index contributed by atoms with van der Waals surface area (Å²) in [5, 5.41) is 12.9. The van der Waals surface area contributed by atoms with Crippen molar-refractivity contribution in [1.82, 2.24) is 15.5 Å². The molecule has 0 spiro atoms. The second-order valence-corrected chi connectivity index (χ2v) is 8.12. The van der Waals surface area contributed by atoms with Crippen molar-refractivity contribution in [3.63, 3.8) is 0 Å². The zero-order chi connectivity index (χ0) is 23.5. The van der Waals surface area contributed by atoms with Gasteiger partial charge in [0.05, 0.1) is 5.69 Å². The lowest BCUT2D eigenvalue weighted by atomic mass is 10.1. The van der Waals surface area contributed by atoms with Crippen LogP contribution < -0.4 is 15.1 Å². The van der Waals surface area contributed by atoms with Crippen molar-refractivity contribution in [2.75, 3.05) is 36.0 Å². The van der Waals surface area contributed by atoms with Crippen LogP contribution in [0.2, 0.25) is 0 Å². The number of amides is 1. The number of anilines is 2. The van der Waals surface area contributed by atoms with Gasteiger partial charge in [0.25, 0.3) is 5.91 Å². The van der Waals surface area contributed by atoms with Crippen LogP contribution in [0, 0.1) is 11.6 Å². The zero-order valence-corrected chi connectivity index (χ0v) is 18.4. The summed E-state index contributed by atoms with van der Waals surface area (Å²) in [6.45, 7) is 2.63. The number of nitrogens with zero attached hydrogens (tertiary/aromatic N) is 4. The molecule has 0 atom stereocenters. The summed E-state index contributed by atoms with van der Waals surface area (Å²) in [5.74, 6) is -0.326. The monoisotopic (exact) mass is 459 g/mol. The van der Waals surface area contributed by atoms with Gasteiger partial charge in [0.2, 0.25) is 0 Å². The molecule has 0 radical (unpaired) electrons. The Hall–Kier alpha value is -4.07. The summed E-state index contributed by atoms with van der Waals surface area (Å²) in [6, 6.07) is 20.6. The standard InChI is InChI=1S/C26H23F2N5O/c27-21-10-4-1-7-18(21)17-29-26(34)24-19-8-2-3-9-20(19)25(31-30-24)33-15-13-32(14-16-33)23-12-6-5-11-22(23)28/h1-12H,13-17H2,(H,29,34). The van der Waals surface area contributed by atoms with Gasteiger partial charge in [0.1, 0.15) is 11.6 Å². The van der Waals surface area contributed by atoms with Crippen molar-refractivity contribution in [2.45, 2.75) is 6.54 Å². The predicted octanol–water partition coefficient (Wildman–Crippen LogP) is 4.16. The summed E-state index contributed by atoms with van der Waals surface area (Å²) in [4.78, 5) is 17.0. The van der Waals surface area contributed by atoms with E-state index in [2.05, 4.69) is 20.4 Å². The van der Waals surface area contributed by atoms with E-state index in [9.17, 15) is 13.6 Å². The third kappa shape index (κ3) is 4.26. The van der Waals surface area contributed by atoms with E-state index < -0.39 is 5.91 Å². The summed E-state index contributed by atoms with van der Waals surface area (Å²) in [5.41, 5.74) is 1.19. The Bertz CT molecular complexity index is 1340. The van der Waals surface area contributed by atoms with Gasteiger partial charge < -0.3 is 15.1 Å². The van der Waals surface area contributed by atoms with Crippen molar-refractivity contribution >= 4 is 28.2 Å². The Labute approximate surface area is 195 Å². The van der Waals surface area contributed by atoms with Gasteiger partial charge >= 0.3 is 0 Å². The molecule has 1 aromatic heterocycles. The van der Waals surface area contributed by atoms with E-state index in [1.807, 2.05) is 35.2 Å². The highest BCUT2D eigenvalue weighted by molar-refractivity contribution is 6.07. The fourth-order valence-corrected chi connectivity index (χ4v) is 4.26. The molecule has 4 aromatic rings. The molecular formula is C26H23F2N5O. The van der Waals surface area contributed by atoms with Gasteiger partial charge in [-0.1, -0.05) is 54.6 Å². The molecule has 5 rings (SSSR count). The Morgan fingerprint density at radius 3 is 2.12 bits per heavy atom. The summed E-state index contributed by atoms with van der Waals surface area (Å²) in [7, 11) is 0. The molecule has 1 saturated heterocycles. The van der Waals surface area contributed by atoms with Gasteiger partial charge in [-0.3, -0.25) is 4.79 Å². The third-order valence-electron chi connectivity index (χ3n) is 6.05. The maximum absolute atomic E-state index is 14.2. The second kappa shape index (κ2) is 9.43. The molecule has 1 N–H and O–H groups in total. The number of rotatable bonds is 5. The van der Waals surface area contributed by atoms with Crippen molar-refractivity contribution < 1.29 is 13.6 Å². The van der Waals surface area contributed by atoms with Crippen LogP contribution in [0.15, 0.2) is 72.8 Å². The number of piperazine rings is 1. The van der Waals surface area contributed by atoms with Crippen LogP contribution in [0.1, 0.15) is 16.1 Å². The Balaban J connectivity index is 1.35. The maximum atomic E-state index is 14.2. The number of fused-ring (bicyclic) bond motifs is 1. The van der Waals surface area contributed by atoms with Crippen LogP contribution in [-0.2, 0) is 6.54 Å². The molecule has 34 heavy (non-hydrogen) atoms. The molecule has 6 nitrogen and oxygen atoms in total. The van der Waals surface area contributed by atoms with Crippen LogP contribution >= 0.6 is 0 Å². The Morgan fingerprint density at radius 2 is 1.38 bits per heavy atom. The lowest BCUT2D eigenvalue weighted by Crippen LogP contribution is -2.47. The van der Waals surface area contributed by atoms with Gasteiger partial charge in [0.15, 0.2) is 11.5 Å². The second-order valence-electron chi connectivity index (χ2n) is 8.12. The van der Waals surface area contributed by atoms with Gasteiger partial charge in [-0.25, -0.2) is 8.78 Å². The maximum Gasteiger partial charge on any atom is 0.272 e. The number of hydrogen-bond acceptors (Lipinski definition) is 5. The number of benzene rings is 3. The van der Waals surface area contributed by atoms with Gasteiger partial charge in [-0.15, -0.1) is 10.2 Å². The molecule has 1 amide bonds. The first-order valence-electron chi connectivity index (χ1n) is 11.1.